The number of rotatable bonds is 5. The van der Waals surface area contributed by atoms with Crippen molar-refractivity contribution in [2.24, 2.45) is 11.8 Å². The molecule has 1 aliphatic rings. The normalized spacial score (nSPS) is 24.1. The Bertz CT molecular complexity index is 412. The van der Waals surface area contributed by atoms with Gasteiger partial charge in [-0.15, -0.1) is 11.6 Å². The molecule has 3 heteroatoms. The third-order valence-electron chi connectivity index (χ3n) is 4.43. The van der Waals surface area contributed by atoms with E-state index in [1.165, 1.54) is 32.1 Å². The van der Waals surface area contributed by atoms with Crippen molar-refractivity contribution in [1.82, 2.24) is 5.32 Å². The van der Waals surface area contributed by atoms with E-state index in [4.69, 9.17) is 11.6 Å². The van der Waals surface area contributed by atoms with Crippen LogP contribution in [0.1, 0.15) is 50.0 Å². The van der Waals surface area contributed by atoms with Crippen molar-refractivity contribution in [2.45, 2.75) is 44.4 Å². The van der Waals surface area contributed by atoms with E-state index in [-0.39, 0.29) is 5.91 Å². The lowest BCUT2D eigenvalue weighted by Crippen LogP contribution is -2.33. The average Bonchev–Trinajstić information content (AvgIpc) is 2.53. The van der Waals surface area contributed by atoms with Crippen LogP contribution in [0, 0.1) is 11.8 Å². The quantitative estimate of drug-likeness (QED) is 0.806. The molecule has 1 aliphatic carbocycles. The van der Waals surface area contributed by atoms with Gasteiger partial charge in [0.25, 0.3) is 0 Å². The van der Waals surface area contributed by atoms with Gasteiger partial charge in [-0.1, -0.05) is 56.5 Å². The Hall–Kier alpha value is -1.02. The number of hydrogen-bond acceptors (Lipinski definition) is 1. The molecule has 2 nitrogen and oxygen atoms in total. The lowest BCUT2D eigenvalue weighted by molar-refractivity contribution is -0.121. The molecule has 110 valence electrons. The number of amides is 1. The summed E-state index contributed by atoms with van der Waals surface area (Å²) in [4.78, 5) is 12.1. The van der Waals surface area contributed by atoms with Crippen LogP contribution in [0.3, 0.4) is 0 Å². The van der Waals surface area contributed by atoms with Crippen molar-refractivity contribution < 1.29 is 4.79 Å². The van der Waals surface area contributed by atoms with Gasteiger partial charge in [0.1, 0.15) is 5.38 Å². The molecule has 0 bridgehead atoms. The summed E-state index contributed by atoms with van der Waals surface area (Å²) >= 11 is 6.21. The molecule has 1 atom stereocenters. The summed E-state index contributed by atoms with van der Waals surface area (Å²) in [7, 11) is 0. The monoisotopic (exact) mass is 293 g/mol. The van der Waals surface area contributed by atoms with Gasteiger partial charge in [0.15, 0.2) is 0 Å². The standard InChI is InChI=1S/C17H24ClNO/c1-2-13-8-10-14(11-9-13)12-19-17(20)16(18)15-6-4-3-5-7-15/h3-7,13-14,16H,2,8-12H2,1H3,(H,19,20). The Labute approximate surface area is 126 Å². The number of nitrogens with one attached hydrogen (secondary N) is 1. The van der Waals surface area contributed by atoms with E-state index >= 15 is 0 Å². The highest BCUT2D eigenvalue weighted by Gasteiger charge is 2.22. The van der Waals surface area contributed by atoms with E-state index in [0.717, 1.165) is 18.0 Å². The fraction of sp³-hybridized carbons (Fsp3) is 0.588. The summed E-state index contributed by atoms with van der Waals surface area (Å²) in [5.74, 6) is 1.45. The van der Waals surface area contributed by atoms with Crippen molar-refractivity contribution in [2.75, 3.05) is 6.54 Å². The molecule has 1 aromatic rings. The predicted octanol–water partition coefficient (Wildman–Crippen LogP) is 4.30. The summed E-state index contributed by atoms with van der Waals surface area (Å²) in [6.07, 6.45) is 6.37. The van der Waals surface area contributed by atoms with Crippen molar-refractivity contribution in [3.63, 3.8) is 0 Å². The largest absolute Gasteiger partial charge is 0.354 e. The van der Waals surface area contributed by atoms with Crippen LogP contribution < -0.4 is 5.32 Å². The Morgan fingerprint density at radius 2 is 1.80 bits per heavy atom. The van der Waals surface area contributed by atoms with Gasteiger partial charge in [0, 0.05) is 6.54 Å². The highest BCUT2D eigenvalue weighted by Crippen LogP contribution is 2.30. The molecule has 0 saturated heterocycles. The van der Waals surface area contributed by atoms with Crippen molar-refractivity contribution in [1.29, 1.82) is 0 Å². The molecule has 0 heterocycles. The maximum absolute atomic E-state index is 12.1. The number of hydrogen-bond donors (Lipinski definition) is 1. The smallest absolute Gasteiger partial charge is 0.242 e. The summed E-state index contributed by atoms with van der Waals surface area (Å²) in [6, 6.07) is 9.53. The van der Waals surface area contributed by atoms with Crippen LogP contribution in [-0.4, -0.2) is 12.5 Å². The summed E-state index contributed by atoms with van der Waals surface area (Å²) in [6.45, 7) is 3.04. The van der Waals surface area contributed by atoms with Gasteiger partial charge < -0.3 is 5.32 Å². The zero-order chi connectivity index (χ0) is 14.4. The van der Waals surface area contributed by atoms with Gasteiger partial charge in [0.2, 0.25) is 5.91 Å². The maximum Gasteiger partial charge on any atom is 0.242 e. The van der Waals surface area contributed by atoms with Crippen molar-refractivity contribution >= 4 is 17.5 Å². The maximum atomic E-state index is 12.1. The van der Waals surface area contributed by atoms with E-state index in [9.17, 15) is 4.79 Å². The molecular formula is C17H24ClNO. The van der Waals surface area contributed by atoms with Crippen LogP contribution >= 0.6 is 11.6 Å². The third kappa shape index (κ3) is 4.24. The number of alkyl halides is 1. The Morgan fingerprint density at radius 1 is 1.20 bits per heavy atom. The zero-order valence-electron chi connectivity index (χ0n) is 12.1. The first-order valence-electron chi connectivity index (χ1n) is 7.67. The van der Waals surface area contributed by atoms with Crippen LogP contribution in [0.15, 0.2) is 30.3 Å². The SMILES string of the molecule is CCC1CCC(CNC(=O)C(Cl)c2ccccc2)CC1. The fourth-order valence-electron chi connectivity index (χ4n) is 2.95. The molecule has 1 saturated carbocycles. The molecule has 1 unspecified atom stereocenters. The lowest BCUT2D eigenvalue weighted by Gasteiger charge is -2.28. The van der Waals surface area contributed by atoms with Gasteiger partial charge >= 0.3 is 0 Å². The summed E-state index contributed by atoms with van der Waals surface area (Å²) in [5, 5.41) is 2.43. The van der Waals surface area contributed by atoms with E-state index in [1.54, 1.807) is 0 Å². The minimum absolute atomic E-state index is 0.0736. The van der Waals surface area contributed by atoms with Gasteiger partial charge in [-0.3, -0.25) is 4.79 Å². The van der Waals surface area contributed by atoms with Crippen LogP contribution in [-0.2, 0) is 4.79 Å². The van der Waals surface area contributed by atoms with Crippen LogP contribution in [0.2, 0.25) is 0 Å². The Morgan fingerprint density at radius 3 is 2.40 bits per heavy atom. The molecule has 0 aromatic heterocycles. The zero-order valence-corrected chi connectivity index (χ0v) is 12.9. The van der Waals surface area contributed by atoms with Gasteiger partial charge in [-0.25, -0.2) is 0 Å². The molecule has 20 heavy (non-hydrogen) atoms. The van der Waals surface area contributed by atoms with E-state index in [1.807, 2.05) is 30.3 Å². The summed E-state index contributed by atoms with van der Waals surface area (Å²) < 4.78 is 0. The van der Waals surface area contributed by atoms with E-state index in [0.29, 0.717) is 5.92 Å². The second kappa shape index (κ2) is 7.68. The minimum atomic E-state index is -0.580. The highest BCUT2D eigenvalue weighted by molar-refractivity contribution is 6.30. The topological polar surface area (TPSA) is 29.1 Å². The molecule has 1 N–H and O–H groups in total. The van der Waals surface area contributed by atoms with Crippen molar-refractivity contribution in [3.8, 4) is 0 Å². The van der Waals surface area contributed by atoms with Gasteiger partial charge in [0.05, 0.1) is 0 Å². The number of halogens is 1. The molecule has 0 aliphatic heterocycles. The van der Waals surface area contributed by atoms with Crippen LogP contribution in [0.4, 0.5) is 0 Å². The first kappa shape index (κ1) is 15.4. The van der Waals surface area contributed by atoms with Gasteiger partial charge in [-0.05, 0) is 30.2 Å². The number of carbonyl (C=O) groups excluding carboxylic acids is 1. The molecular weight excluding hydrogens is 270 g/mol. The van der Waals surface area contributed by atoms with Crippen molar-refractivity contribution in [3.05, 3.63) is 35.9 Å². The third-order valence-corrected chi connectivity index (χ3v) is 4.88. The predicted molar refractivity (Wildman–Crippen MR) is 83.8 cm³/mol. The minimum Gasteiger partial charge on any atom is -0.354 e. The average molecular weight is 294 g/mol. The molecule has 1 aromatic carbocycles. The first-order valence-corrected chi connectivity index (χ1v) is 8.11. The summed E-state index contributed by atoms with van der Waals surface area (Å²) in [5.41, 5.74) is 0.862. The lowest BCUT2D eigenvalue weighted by atomic mass is 9.81. The van der Waals surface area contributed by atoms with Gasteiger partial charge in [-0.2, -0.15) is 0 Å². The second-order valence-corrected chi connectivity index (χ2v) is 6.25. The number of benzene rings is 1. The first-order chi connectivity index (χ1) is 9.70. The second-order valence-electron chi connectivity index (χ2n) is 5.81. The Balaban J connectivity index is 1.75. The fourth-order valence-corrected chi connectivity index (χ4v) is 3.17. The van der Waals surface area contributed by atoms with E-state index in [2.05, 4.69) is 12.2 Å². The van der Waals surface area contributed by atoms with Crippen LogP contribution in [0.5, 0.6) is 0 Å². The van der Waals surface area contributed by atoms with Crippen LogP contribution in [0.25, 0.3) is 0 Å². The highest BCUT2D eigenvalue weighted by atomic mass is 35.5. The molecule has 2 rings (SSSR count). The molecule has 1 fully saturated rings. The molecule has 0 radical (unpaired) electrons. The Kier molecular flexibility index (Phi) is 5.90. The molecule has 0 spiro atoms. The molecule has 1 amide bonds. The number of carbonyl (C=O) groups is 1. The van der Waals surface area contributed by atoms with E-state index < -0.39 is 5.38 Å².